The molecule has 0 saturated carbocycles. The van der Waals surface area contributed by atoms with E-state index in [2.05, 4.69) is 28.8 Å². The molecule has 2 N–H and O–H groups in total. The van der Waals surface area contributed by atoms with Gasteiger partial charge < -0.3 is 10.6 Å². The van der Waals surface area contributed by atoms with E-state index in [1.165, 1.54) is 16.8 Å². The topological polar surface area (TPSA) is 41.1 Å². The van der Waals surface area contributed by atoms with Crippen LogP contribution in [0, 0.1) is 0 Å². The molecular formula is C13H20N2OS. The minimum atomic E-state index is -0.746. The van der Waals surface area contributed by atoms with E-state index in [1.54, 1.807) is 6.26 Å². The van der Waals surface area contributed by atoms with Crippen molar-refractivity contribution >= 4 is 16.5 Å². The highest BCUT2D eigenvalue weighted by atomic mass is 32.2. The zero-order valence-electron chi connectivity index (χ0n) is 10.5. The smallest absolute Gasteiger partial charge is 0.0441 e. The van der Waals surface area contributed by atoms with Crippen molar-refractivity contribution in [2.45, 2.75) is 25.1 Å². The summed E-state index contributed by atoms with van der Waals surface area (Å²) in [5, 5.41) is 7.02. The average molecular weight is 252 g/mol. The lowest BCUT2D eigenvalue weighted by Gasteiger charge is -2.12. The van der Waals surface area contributed by atoms with Crippen LogP contribution < -0.4 is 10.6 Å². The van der Waals surface area contributed by atoms with Crippen molar-refractivity contribution in [3.63, 3.8) is 0 Å². The highest BCUT2D eigenvalue weighted by molar-refractivity contribution is 7.84. The lowest BCUT2D eigenvalue weighted by atomic mass is 10.1. The summed E-state index contributed by atoms with van der Waals surface area (Å²) in [6.07, 6.45) is 2.88. The van der Waals surface area contributed by atoms with Gasteiger partial charge >= 0.3 is 0 Å². The fourth-order valence-electron chi connectivity index (χ4n) is 2.09. The van der Waals surface area contributed by atoms with E-state index < -0.39 is 10.8 Å². The Hall–Kier alpha value is -0.870. The van der Waals surface area contributed by atoms with Gasteiger partial charge in [-0.3, -0.25) is 4.21 Å². The number of hydrogen-bond donors (Lipinski definition) is 2. The van der Waals surface area contributed by atoms with E-state index >= 15 is 0 Å². The molecule has 2 rings (SSSR count). The highest BCUT2D eigenvalue weighted by Crippen LogP contribution is 2.26. The van der Waals surface area contributed by atoms with E-state index in [0.29, 0.717) is 0 Å². The Morgan fingerprint density at radius 3 is 3.12 bits per heavy atom. The number of anilines is 1. The first-order chi connectivity index (χ1) is 8.18. The largest absolute Gasteiger partial charge is 0.384 e. The zero-order valence-corrected chi connectivity index (χ0v) is 11.3. The monoisotopic (exact) mass is 252 g/mol. The lowest BCUT2D eigenvalue weighted by Crippen LogP contribution is -2.27. The Balaban J connectivity index is 1.92. The predicted octanol–water partition coefficient (Wildman–Crippen LogP) is 1.51. The van der Waals surface area contributed by atoms with Gasteiger partial charge in [-0.05, 0) is 24.5 Å². The molecule has 4 heteroatoms. The highest BCUT2D eigenvalue weighted by Gasteiger charge is 2.13. The summed E-state index contributed by atoms with van der Waals surface area (Å²) >= 11 is 0. The summed E-state index contributed by atoms with van der Waals surface area (Å²) < 4.78 is 11.2. The molecule has 94 valence electrons. The molecule has 1 aliphatic heterocycles. The van der Waals surface area contributed by atoms with Crippen molar-refractivity contribution < 1.29 is 4.21 Å². The van der Waals surface area contributed by atoms with Crippen LogP contribution in [0.1, 0.15) is 18.1 Å². The average Bonchev–Trinajstić information content (AvgIpc) is 2.77. The summed E-state index contributed by atoms with van der Waals surface area (Å²) in [7, 11) is -0.746. The molecule has 0 aromatic heterocycles. The SMILES string of the molecule is CC(CNCc1cccc2c1NCC2)S(C)=O. The Bertz CT molecular complexity index is 420. The fraction of sp³-hybridized carbons (Fsp3) is 0.538. The summed E-state index contributed by atoms with van der Waals surface area (Å²) in [5.41, 5.74) is 4.02. The third-order valence-electron chi connectivity index (χ3n) is 3.25. The Kier molecular flexibility index (Phi) is 4.18. The first kappa shape index (κ1) is 12.6. The minimum Gasteiger partial charge on any atom is -0.384 e. The molecule has 0 radical (unpaired) electrons. The maximum atomic E-state index is 11.2. The first-order valence-corrected chi connectivity index (χ1v) is 7.68. The Labute approximate surface area is 105 Å². The van der Waals surface area contributed by atoms with Crippen LogP contribution in [-0.2, 0) is 23.8 Å². The van der Waals surface area contributed by atoms with Gasteiger partial charge in [0, 0.05) is 47.6 Å². The second-order valence-corrected chi connectivity index (χ2v) is 6.37. The third-order valence-corrected chi connectivity index (χ3v) is 4.55. The molecule has 0 spiro atoms. The molecule has 0 bridgehead atoms. The van der Waals surface area contributed by atoms with Crippen LogP contribution in [0.5, 0.6) is 0 Å². The summed E-state index contributed by atoms with van der Waals surface area (Å²) in [6.45, 7) is 4.70. The van der Waals surface area contributed by atoms with Gasteiger partial charge in [0.05, 0.1) is 0 Å². The molecule has 1 heterocycles. The number of hydrogen-bond acceptors (Lipinski definition) is 3. The quantitative estimate of drug-likeness (QED) is 0.834. The molecule has 0 amide bonds. The fourth-order valence-corrected chi connectivity index (χ4v) is 2.44. The van der Waals surface area contributed by atoms with Crippen LogP contribution in [0.4, 0.5) is 5.69 Å². The standard InChI is InChI=1S/C13H20N2OS/c1-10(17(2)16)8-14-9-12-5-3-4-11-6-7-15-13(11)12/h3-5,10,14-15H,6-9H2,1-2H3. The van der Waals surface area contributed by atoms with Crippen molar-refractivity contribution in [3.05, 3.63) is 29.3 Å². The van der Waals surface area contributed by atoms with Crippen LogP contribution in [0.3, 0.4) is 0 Å². The molecule has 1 aliphatic rings. The molecule has 1 aromatic rings. The number of benzene rings is 1. The third kappa shape index (κ3) is 3.07. The van der Waals surface area contributed by atoms with E-state index in [-0.39, 0.29) is 5.25 Å². The molecule has 0 fully saturated rings. The van der Waals surface area contributed by atoms with Gasteiger partial charge in [0.1, 0.15) is 0 Å². The van der Waals surface area contributed by atoms with Crippen LogP contribution >= 0.6 is 0 Å². The van der Waals surface area contributed by atoms with E-state index in [4.69, 9.17) is 0 Å². The van der Waals surface area contributed by atoms with Crippen molar-refractivity contribution in [2.75, 3.05) is 24.7 Å². The van der Waals surface area contributed by atoms with Crippen LogP contribution in [0.2, 0.25) is 0 Å². The Morgan fingerprint density at radius 2 is 2.35 bits per heavy atom. The van der Waals surface area contributed by atoms with Crippen molar-refractivity contribution in [2.24, 2.45) is 0 Å². The van der Waals surface area contributed by atoms with Crippen LogP contribution in [-0.4, -0.2) is 28.8 Å². The molecule has 1 aromatic carbocycles. The van der Waals surface area contributed by atoms with Crippen LogP contribution in [0.15, 0.2) is 18.2 Å². The number of fused-ring (bicyclic) bond motifs is 1. The van der Waals surface area contributed by atoms with Crippen molar-refractivity contribution in [1.29, 1.82) is 0 Å². The number of nitrogens with one attached hydrogen (secondary N) is 2. The summed E-state index contributed by atoms with van der Waals surface area (Å²) in [5.74, 6) is 0. The van der Waals surface area contributed by atoms with E-state index in [1.807, 2.05) is 6.92 Å². The van der Waals surface area contributed by atoms with Gasteiger partial charge in [0.15, 0.2) is 0 Å². The number of para-hydroxylation sites is 1. The molecule has 2 atom stereocenters. The van der Waals surface area contributed by atoms with Crippen molar-refractivity contribution in [1.82, 2.24) is 5.32 Å². The van der Waals surface area contributed by atoms with Gasteiger partial charge in [-0.25, -0.2) is 0 Å². The normalized spacial score (nSPS) is 17.3. The van der Waals surface area contributed by atoms with E-state index in [9.17, 15) is 4.21 Å². The first-order valence-electron chi connectivity index (χ1n) is 6.06. The van der Waals surface area contributed by atoms with Gasteiger partial charge in [0.2, 0.25) is 0 Å². The summed E-state index contributed by atoms with van der Waals surface area (Å²) in [4.78, 5) is 0. The predicted molar refractivity (Wildman–Crippen MR) is 73.9 cm³/mol. The van der Waals surface area contributed by atoms with Crippen molar-refractivity contribution in [3.8, 4) is 0 Å². The molecule has 0 saturated heterocycles. The molecule has 3 nitrogen and oxygen atoms in total. The zero-order chi connectivity index (χ0) is 12.3. The minimum absolute atomic E-state index is 0.208. The van der Waals surface area contributed by atoms with Gasteiger partial charge in [-0.1, -0.05) is 18.2 Å². The number of rotatable bonds is 5. The van der Waals surface area contributed by atoms with Crippen LogP contribution in [0.25, 0.3) is 0 Å². The molecule has 2 unspecified atom stereocenters. The second-order valence-electron chi connectivity index (χ2n) is 4.57. The van der Waals surface area contributed by atoms with Gasteiger partial charge in [-0.2, -0.15) is 0 Å². The molecular weight excluding hydrogens is 232 g/mol. The van der Waals surface area contributed by atoms with Gasteiger partial charge in [0.25, 0.3) is 0 Å². The second kappa shape index (κ2) is 5.65. The Morgan fingerprint density at radius 1 is 1.53 bits per heavy atom. The maximum Gasteiger partial charge on any atom is 0.0441 e. The van der Waals surface area contributed by atoms with Gasteiger partial charge in [-0.15, -0.1) is 0 Å². The van der Waals surface area contributed by atoms with E-state index in [0.717, 1.165) is 26.1 Å². The maximum absolute atomic E-state index is 11.2. The molecule has 0 aliphatic carbocycles. The lowest BCUT2D eigenvalue weighted by molar-refractivity contribution is 0.647. The molecule has 17 heavy (non-hydrogen) atoms. The summed E-state index contributed by atoms with van der Waals surface area (Å²) in [6, 6.07) is 6.45.